The quantitative estimate of drug-likeness (QED) is 0.670. The molecule has 10 heteroatoms. The van der Waals surface area contributed by atoms with Crippen LogP contribution in [0.2, 0.25) is 0 Å². The van der Waals surface area contributed by atoms with Gasteiger partial charge in [-0.15, -0.1) is 11.3 Å². The maximum absolute atomic E-state index is 12.8. The van der Waals surface area contributed by atoms with Gasteiger partial charge in [0.15, 0.2) is 0 Å². The number of nitrogens with zero attached hydrogens (tertiary/aromatic N) is 1. The first-order valence-electron chi connectivity index (χ1n) is 9.50. The van der Waals surface area contributed by atoms with Crippen LogP contribution in [0.3, 0.4) is 0 Å². The van der Waals surface area contributed by atoms with Crippen molar-refractivity contribution in [1.29, 1.82) is 0 Å². The van der Waals surface area contributed by atoms with Gasteiger partial charge in [0.1, 0.15) is 5.00 Å². The highest BCUT2D eigenvalue weighted by molar-refractivity contribution is 7.89. The number of hydrogen-bond donors (Lipinski definition) is 2. The third-order valence-electron chi connectivity index (χ3n) is 5.17. The van der Waals surface area contributed by atoms with Crippen LogP contribution >= 0.6 is 11.3 Å². The summed E-state index contributed by atoms with van der Waals surface area (Å²) < 4.78 is 32.3. The number of primary amides is 1. The predicted octanol–water partition coefficient (Wildman–Crippen LogP) is 2.52. The van der Waals surface area contributed by atoms with E-state index < -0.39 is 21.8 Å². The summed E-state index contributed by atoms with van der Waals surface area (Å²) in [5, 5.41) is 3.09. The number of carbonyl (C=O) groups is 2. The number of anilines is 1. The second-order valence-corrected chi connectivity index (χ2v) is 10.5. The van der Waals surface area contributed by atoms with E-state index in [1.807, 2.05) is 6.92 Å². The highest BCUT2D eigenvalue weighted by Gasteiger charge is 2.26. The molecule has 2 aromatic rings. The molecule has 0 radical (unpaired) electrons. The zero-order valence-electron chi connectivity index (χ0n) is 17.1. The molecule has 1 aliphatic heterocycles. The number of nitrogens with two attached hydrogens (primary N) is 1. The number of aryl methyl sites for hydroxylation is 1. The summed E-state index contributed by atoms with van der Waals surface area (Å²) >= 11 is 1.27. The van der Waals surface area contributed by atoms with Gasteiger partial charge in [0.25, 0.3) is 11.8 Å². The third kappa shape index (κ3) is 4.56. The molecule has 30 heavy (non-hydrogen) atoms. The maximum atomic E-state index is 12.8. The van der Waals surface area contributed by atoms with E-state index in [-0.39, 0.29) is 23.1 Å². The highest BCUT2D eigenvalue weighted by Crippen LogP contribution is 2.32. The zero-order chi connectivity index (χ0) is 22.1. The van der Waals surface area contributed by atoms with Crippen molar-refractivity contribution in [3.05, 3.63) is 45.8 Å². The van der Waals surface area contributed by atoms with Crippen molar-refractivity contribution in [1.82, 2.24) is 4.31 Å². The number of hydrogen-bond acceptors (Lipinski definition) is 6. The Morgan fingerprint density at radius 3 is 2.50 bits per heavy atom. The lowest BCUT2D eigenvalue weighted by atomic mass is 10.1. The molecule has 2 heterocycles. The summed E-state index contributed by atoms with van der Waals surface area (Å²) in [5.41, 5.74) is 6.73. The average molecular weight is 452 g/mol. The molecule has 1 atom stereocenters. The van der Waals surface area contributed by atoms with Crippen LogP contribution < -0.4 is 11.1 Å². The van der Waals surface area contributed by atoms with Crippen LogP contribution in [0.5, 0.6) is 0 Å². The SMILES string of the molecule is Cc1sc(NC(=O)c2ccc(S(=O)(=O)N(C)C[C@H]3CCCO3)cc2)c(C(N)=O)c1C. The number of nitrogens with one attached hydrogen (secondary N) is 1. The molecule has 0 saturated carbocycles. The van der Waals surface area contributed by atoms with Crippen LogP contribution in [-0.4, -0.2) is 50.8 Å². The lowest BCUT2D eigenvalue weighted by molar-refractivity contribution is 0.0978. The number of likely N-dealkylation sites (N-methyl/N-ethyl adjacent to an activating group) is 1. The zero-order valence-corrected chi connectivity index (χ0v) is 18.7. The molecule has 2 amide bonds. The van der Waals surface area contributed by atoms with Crippen LogP contribution in [0.25, 0.3) is 0 Å². The molecule has 1 aromatic carbocycles. The minimum absolute atomic E-state index is 0.0908. The Bertz CT molecular complexity index is 1050. The van der Waals surface area contributed by atoms with Crippen molar-refractivity contribution in [2.24, 2.45) is 5.73 Å². The number of ether oxygens (including phenoxy) is 1. The molecule has 0 aliphatic carbocycles. The fourth-order valence-corrected chi connectivity index (χ4v) is 5.58. The Labute approximate surface area is 180 Å². The van der Waals surface area contributed by atoms with Crippen molar-refractivity contribution in [3.63, 3.8) is 0 Å². The molecule has 0 spiro atoms. The second kappa shape index (κ2) is 8.84. The van der Waals surface area contributed by atoms with Crippen LogP contribution in [0, 0.1) is 13.8 Å². The van der Waals surface area contributed by atoms with Crippen molar-refractivity contribution < 1.29 is 22.7 Å². The molecule has 8 nitrogen and oxygen atoms in total. The maximum Gasteiger partial charge on any atom is 0.256 e. The van der Waals surface area contributed by atoms with Crippen molar-refractivity contribution in [2.75, 3.05) is 25.5 Å². The molecule has 162 valence electrons. The van der Waals surface area contributed by atoms with E-state index in [9.17, 15) is 18.0 Å². The van der Waals surface area contributed by atoms with Gasteiger partial charge in [-0.3, -0.25) is 9.59 Å². The second-order valence-electron chi connectivity index (χ2n) is 7.25. The molecule has 1 fully saturated rings. The largest absolute Gasteiger partial charge is 0.377 e. The Balaban J connectivity index is 1.74. The average Bonchev–Trinajstić information content (AvgIpc) is 3.29. The molecule has 3 N–H and O–H groups in total. The van der Waals surface area contributed by atoms with Crippen LogP contribution in [0.1, 0.15) is 44.0 Å². The molecular weight excluding hydrogens is 426 g/mol. The van der Waals surface area contributed by atoms with Crippen molar-refractivity contribution in [2.45, 2.75) is 37.7 Å². The fourth-order valence-electron chi connectivity index (χ4n) is 3.32. The van der Waals surface area contributed by atoms with Crippen LogP contribution in [0.4, 0.5) is 5.00 Å². The minimum atomic E-state index is -3.69. The predicted molar refractivity (Wildman–Crippen MR) is 115 cm³/mol. The van der Waals surface area contributed by atoms with Crippen LogP contribution in [-0.2, 0) is 14.8 Å². The summed E-state index contributed by atoms with van der Waals surface area (Å²) in [6, 6.07) is 5.69. The number of thiophene rings is 1. The number of amides is 2. The van der Waals surface area contributed by atoms with Gasteiger partial charge in [-0.2, -0.15) is 4.31 Å². The molecule has 3 rings (SSSR count). The molecule has 0 unspecified atom stereocenters. The summed E-state index contributed by atoms with van der Waals surface area (Å²) in [6.07, 6.45) is 1.68. The summed E-state index contributed by atoms with van der Waals surface area (Å²) in [5.74, 6) is -1.06. The van der Waals surface area contributed by atoms with E-state index in [1.54, 1.807) is 6.92 Å². The smallest absolute Gasteiger partial charge is 0.256 e. The molecule has 1 aromatic heterocycles. The molecule has 1 aliphatic rings. The lowest BCUT2D eigenvalue weighted by Crippen LogP contribution is -2.34. The van der Waals surface area contributed by atoms with Gasteiger partial charge in [0, 0.05) is 30.6 Å². The van der Waals surface area contributed by atoms with Crippen LogP contribution in [0.15, 0.2) is 29.2 Å². The summed E-state index contributed by atoms with van der Waals surface area (Å²) in [6.45, 7) is 4.56. The minimum Gasteiger partial charge on any atom is -0.377 e. The first-order chi connectivity index (χ1) is 14.1. The van der Waals surface area contributed by atoms with E-state index in [0.29, 0.717) is 17.2 Å². The highest BCUT2D eigenvalue weighted by atomic mass is 32.2. The van der Waals surface area contributed by atoms with E-state index >= 15 is 0 Å². The normalized spacial score (nSPS) is 16.7. The van der Waals surface area contributed by atoms with E-state index in [0.717, 1.165) is 23.3 Å². The number of benzene rings is 1. The first kappa shape index (κ1) is 22.4. The van der Waals surface area contributed by atoms with Crippen molar-refractivity contribution >= 4 is 38.2 Å². The van der Waals surface area contributed by atoms with E-state index in [4.69, 9.17) is 10.5 Å². The third-order valence-corrected chi connectivity index (χ3v) is 8.13. The Kier molecular flexibility index (Phi) is 6.61. The fraction of sp³-hybridized carbons (Fsp3) is 0.400. The Hall–Kier alpha value is -2.27. The van der Waals surface area contributed by atoms with Gasteiger partial charge in [-0.25, -0.2) is 8.42 Å². The van der Waals surface area contributed by atoms with Gasteiger partial charge in [0.2, 0.25) is 10.0 Å². The van der Waals surface area contributed by atoms with Gasteiger partial charge in [-0.05, 0) is 56.5 Å². The van der Waals surface area contributed by atoms with Gasteiger partial charge < -0.3 is 15.8 Å². The molecule has 0 bridgehead atoms. The summed E-state index contributed by atoms with van der Waals surface area (Å²) in [4.78, 5) is 25.3. The monoisotopic (exact) mass is 451 g/mol. The summed E-state index contributed by atoms with van der Waals surface area (Å²) in [7, 11) is -2.17. The number of carbonyl (C=O) groups excluding carboxylic acids is 2. The number of rotatable bonds is 7. The molecular formula is C20H25N3O5S2. The lowest BCUT2D eigenvalue weighted by Gasteiger charge is -2.20. The first-order valence-corrected chi connectivity index (χ1v) is 11.8. The van der Waals surface area contributed by atoms with Gasteiger partial charge in [0.05, 0.1) is 16.6 Å². The Morgan fingerprint density at radius 1 is 1.27 bits per heavy atom. The van der Waals surface area contributed by atoms with Gasteiger partial charge in [-0.1, -0.05) is 0 Å². The number of sulfonamides is 1. The Morgan fingerprint density at radius 2 is 1.93 bits per heavy atom. The van der Waals surface area contributed by atoms with Crippen molar-refractivity contribution in [3.8, 4) is 0 Å². The standard InChI is InChI=1S/C20H25N3O5S2/c1-12-13(2)29-20(17(12)18(21)24)22-19(25)14-6-8-16(9-7-14)30(26,27)23(3)11-15-5-4-10-28-15/h6-9,15H,4-5,10-11H2,1-3H3,(H2,21,24)(H,22,25)/t15-/m1/s1. The van der Waals surface area contributed by atoms with E-state index in [2.05, 4.69) is 5.32 Å². The van der Waals surface area contributed by atoms with E-state index in [1.165, 1.54) is 47.0 Å². The van der Waals surface area contributed by atoms with Gasteiger partial charge >= 0.3 is 0 Å². The topological polar surface area (TPSA) is 119 Å². The molecule has 1 saturated heterocycles.